The molecule has 0 bridgehead atoms. The maximum atomic E-state index is 10.9. The molecule has 0 saturated carbocycles. The van der Waals surface area contributed by atoms with Crippen LogP contribution in [0.5, 0.6) is 0 Å². The maximum absolute atomic E-state index is 10.9. The first kappa shape index (κ1) is 18.0. The number of phosphoric ester groups is 1. The smallest absolute Gasteiger partial charge is 0.396 e. The van der Waals surface area contributed by atoms with Gasteiger partial charge in [-0.1, -0.05) is 0 Å². The summed E-state index contributed by atoms with van der Waals surface area (Å²) in [4.78, 5) is 17.7. The van der Waals surface area contributed by atoms with Crippen molar-refractivity contribution in [2.24, 2.45) is 0 Å². The van der Waals surface area contributed by atoms with Gasteiger partial charge < -0.3 is 29.1 Å². The van der Waals surface area contributed by atoms with E-state index >= 15 is 0 Å². The minimum absolute atomic E-state index is 0.0285. The third kappa shape index (κ3) is 5.05. The molecule has 0 spiro atoms. The lowest BCUT2D eigenvalue weighted by molar-refractivity contribution is -0.0703. The van der Waals surface area contributed by atoms with Crippen molar-refractivity contribution < 1.29 is 38.2 Å². The minimum Gasteiger partial charge on any atom is -0.396 e. The number of aliphatic hydroxyl groups excluding tert-OH is 1. The van der Waals surface area contributed by atoms with E-state index in [0.717, 1.165) is 0 Å². The molecule has 0 aliphatic carbocycles. The minimum atomic E-state index is -4.59. The van der Waals surface area contributed by atoms with E-state index in [0.29, 0.717) is 13.0 Å². The largest absolute Gasteiger partial charge is 0.469 e. The molecule has 5 atom stereocenters. The predicted molar refractivity (Wildman–Crippen MR) is 69.2 cm³/mol. The molecule has 1 aliphatic heterocycles. The number of methoxy groups -OCH3 is 1. The van der Waals surface area contributed by atoms with Crippen molar-refractivity contribution in [1.82, 2.24) is 0 Å². The van der Waals surface area contributed by atoms with Gasteiger partial charge in [-0.2, -0.15) is 0 Å². The molecule has 0 unspecified atom stereocenters. The Hall–Kier alpha value is -0.0500. The van der Waals surface area contributed by atoms with Crippen LogP contribution in [0.4, 0.5) is 0 Å². The molecule has 0 radical (unpaired) electrons. The summed E-state index contributed by atoms with van der Waals surface area (Å²) >= 11 is 0. The SMILES string of the molecule is CO[C@H]1[C@@H](OCCCO)[C@H](C)O[C@@H]1[C@@H](C)OP(=O)(O)O. The summed E-state index contributed by atoms with van der Waals surface area (Å²) in [7, 11) is -3.11. The van der Waals surface area contributed by atoms with Crippen LogP contribution >= 0.6 is 7.82 Å². The van der Waals surface area contributed by atoms with Crippen LogP contribution in [-0.2, 0) is 23.3 Å². The number of ether oxygens (including phenoxy) is 3. The molecule has 1 aliphatic rings. The van der Waals surface area contributed by atoms with E-state index in [9.17, 15) is 4.57 Å². The molecule has 120 valence electrons. The van der Waals surface area contributed by atoms with E-state index < -0.39 is 26.1 Å². The van der Waals surface area contributed by atoms with Crippen molar-refractivity contribution in [3.8, 4) is 0 Å². The summed E-state index contributed by atoms with van der Waals surface area (Å²) in [5.41, 5.74) is 0. The third-order valence-electron chi connectivity index (χ3n) is 3.13. The summed E-state index contributed by atoms with van der Waals surface area (Å²) in [6, 6.07) is 0. The maximum Gasteiger partial charge on any atom is 0.469 e. The van der Waals surface area contributed by atoms with E-state index in [-0.39, 0.29) is 18.8 Å². The molecule has 20 heavy (non-hydrogen) atoms. The highest BCUT2D eigenvalue weighted by Crippen LogP contribution is 2.40. The molecule has 3 N–H and O–H groups in total. The first-order chi connectivity index (χ1) is 9.30. The molecular formula is C11H23O8P. The molecule has 9 heteroatoms. The number of aliphatic hydroxyl groups is 1. The van der Waals surface area contributed by atoms with Gasteiger partial charge in [0.2, 0.25) is 0 Å². The van der Waals surface area contributed by atoms with Gasteiger partial charge in [-0.15, -0.1) is 0 Å². The van der Waals surface area contributed by atoms with Crippen molar-refractivity contribution in [2.45, 2.75) is 50.8 Å². The van der Waals surface area contributed by atoms with Crippen LogP contribution in [0.1, 0.15) is 20.3 Å². The van der Waals surface area contributed by atoms with Crippen molar-refractivity contribution in [2.75, 3.05) is 20.3 Å². The molecule has 8 nitrogen and oxygen atoms in total. The van der Waals surface area contributed by atoms with E-state index in [1.165, 1.54) is 14.0 Å². The first-order valence-corrected chi connectivity index (χ1v) is 7.98. The highest BCUT2D eigenvalue weighted by molar-refractivity contribution is 7.46. The summed E-state index contributed by atoms with van der Waals surface area (Å²) in [5.74, 6) is 0. The van der Waals surface area contributed by atoms with Crippen LogP contribution in [0.2, 0.25) is 0 Å². The quantitative estimate of drug-likeness (QED) is 0.425. The van der Waals surface area contributed by atoms with Gasteiger partial charge in [-0.25, -0.2) is 4.57 Å². The Labute approximate surface area is 118 Å². The lowest BCUT2D eigenvalue weighted by atomic mass is 10.0. The van der Waals surface area contributed by atoms with Gasteiger partial charge in [0, 0.05) is 20.3 Å². The number of rotatable bonds is 8. The van der Waals surface area contributed by atoms with Crippen LogP contribution in [-0.4, -0.2) is 65.7 Å². The Kier molecular flexibility index (Phi) is 7.03. The molecule has 0 aromatic rings. The van der Waals surface area contributed by atoms with Gasteiger partial charge in [0.05, 0.1) is 12.2 Å². The second-order valence-electron chi connectivity index (χ2n) is 4.72. The van der Waals surface area contributed by atoms with Gasteiger partial charge in [0.15, 0.2) is 0 Å². The van der Waals surface area contributed by atoms with Gasteiger partial charge in [-0.3, -0.25) is 4.52 Å². The fraction of sp³-hybridized carbons (Fsp3) is 1.00. The zero-order chi connectivity index (χ0) is 15.3. The van der Waals surface area contributed by atoms with Crippen molar-refractivity contribution in [1.29, 1.82) is 0 Å². The van der Waals surface area contributed by atoms with Gasteiger partial charge in [0.1, 0.15) is 18.3 Å². The van der Waals surface area contributed by atoms with Crippen LogP contribution < -0.4 is 0 Å². The standard InChI is InChI=1S/C11H23O8P/c1-7-9(17-6-4-5-12)11(16-3)10(18-7)8(2)19-20(13,14)15/h7-12H,4-6H2,1-3H3,(H2,13,14,15)/t7-,8+,9-,10+,11-/m0/s1. The van der Waals surface area contributed by atoms with Crippen molar-refractivity contribution in [3.05, 3.63) is 0 Å². The van der Waals surface area contributed by atoms with E-state index in [1.807, 2.05) is 0 Å². The summed E-state index contributed by atoms with van der Waals surface area (Å²) in [5, 5.41) is 8.75. The highest BCUT2D eigenvalue weighted by Gasteiger charge is 2.47. The monoisotopic (exact) mass is 314 g/mol. The number of phosphoric acid groups is 1. The molecule has 0 amide bonds. The zero-order valence-electron chi connectivity index (χ0n) is 11.8. The van der Waals surface area contributed by atoms with Gasteiger partial charge >= 0.3 is 7.82 Å². The fourth-order valence-electron chi connectivity index (χ4n) is 2.29. The van der Waals surface area contributed by atoms with Crippen LogP contribution in [0, 0.1) is 0 Å². The molecule has 1 fully saturated rings. The fourth-order valence-corrected chi connectivity index (χ4v) is 2.85. The Balaban J connectivity index is 2.66. The van der Waals surface area contributed by atoms with Crippen LogP contribution in [0.15, 0.2) is 0 Å². The topological polar surface area (TPSA) is 115 Å². The predicted octanol–water partition coefficient (Wildman–Crippen LogP) is 0.0541. The van der Waals surface area contributed by atoms with E-state index in [2.05, 4.69) is 4.52 Å². The van der Waals surface area contributed by atoms with E-state index in [1.54, 1.807) is 6.92 Å². The molecule has 1 rings (SSSR count). The molecule has 1 saturated heterocycles. The van der Waals surface area contributed by atoms with E-state index in [4.69, 9.17) is 29.1 Å². The van der Waals surface area contributed by atoms with Gasteiger partial charge in [0.25, 0.3) is 0 Å². The molecule has 1 heterocycles. The zero-order valence-corrected chi connectivity index (χ0v) is 12.7. The summed E-state index contributed by atoms with van der Waals surface area (Å²) in [6.45, 7) is 3.69. The van der Waals surface area contributed by atoms with Gasteiger partial charge in [-0.05, 0) is 20.3 Å². The lowest BCUT2D eigenvalue weighted by Gasteiger charge is -2.26. The van der Waals surface area contributed by atoms with Crippen molar-refractivity contribution >= 4 is 7.82 Å². The van der Waals surface area contributed by atoms with Crippen LogP contribution in [0.3, 0.4) is 0 Å². The Morgan fingerprint density at radius 3 is 2.50 bits per heavy atom. The average Bonchev–Trinajstić information content (AvgIpc) is 2.64. The molecule has 0 aromatic carbocycles. The average molecular weight is 314 g/mol. The van der Waals surface area contributed by atoms with Crippen LogP contribution in [0.25, 0.3) is 0 Å². The Morgan fingerprint density at radius 2 is 2.00 bits per heavy atom. The Morgan fingerprint density at radius 1 is 1.35 bits per heavy atom. The lowest BCUT2D eigenvalue weighted by Crippen LogP contribution is -2.41. The number of hydrogen-bond donors (Lipinski definition) is 3. The second kappa shape index (κ2) is 7.82. The molecule has 0 aromatic heterocycles. The third-order valence-corrected chi connectivity index (χ3v) is 3.74. The second-order valence-corrected chi connectivity index (χ2v) is 5.91. The summed E-state index contributed by atoms with van der Waals surface area (Å²) in [6.07, 6.45) is -2.15. The van der Waals surface area contributed by atoms with Crippen molar-refractivity contribution in [3.63, 3.8) is 0 Å². The molecular weight excluding hydrogens is 291 g/mol. The first-order valence-electron chi connectivity index (χ1n) is 6.44. The Bertz CT molecular complexity index is 332. The highest BCUT2D eigenvalue weighted by atomic mass is 31.2. The normalized spacial score (nSPS) is 32.5. The summed E-state index contributed by atoms with van der Waals surface area (Å²) < 4.78 is 32.1. The number of hydrogen-bond acceptors (Lipinski definition) is 6.